The summed E-state index contributed by atoms with van der Waals surface area (Å²) < 4.78 is 0. The number of H-pyrrole nitrogens is 1. The standard InChI is InChI=1S/C21H22N4O2/c1-25-11-3-5-14-7-8-17(12-16(14)13-25)23-20(26)21(27)24-18-6-2-4-15-9-10-22-19(15)18/h2,4,6-10,12,22H,3,5,11,13H2,1H3,(H,23,26)(H,24,27). The van der Waals surface area contributed by atoms with Crippen molar-refractivity contribution in [2.45, 2.75) is 19.4 Å². The van der Waals surface area contributed by atoms with Gasteiger partial charge in [0.05, 0.1) is 11.2 Å². The molecule has 3 N–H and O–H groups in total. The molecule has 6 nitrogen and oxygen atoms in total. The Hall–Kier alpha value is -3.12. The van der Waals surface area contributed by atoms with Crippen LogP contribution in [0.2, 0.25) is 0 Å². The number of nitrogens with zero attached hydrogens (tertiary/aromatic N) is 1. The molecule has 27 heavy (non-hydrogen) atoms. The predicted octanol–water partition coefficient (Wildman–Crippen LogP) is 3.12. The summed E-state index contributed by atoms with van der Waals surface area (Å²) in [5.41, 5.74) is 4.53. The molecule has 0 radical (unpaired) electrons. The predicted molar refractivity (Wildman–Crippen MR) is 107 cm³/mol. The second-order valence-electron chi connectivity index (χ2n) is 6.98. The minimum Gasteiger partial charge on any atom is -0.359 e. The molecule has 6 heteroatoms. The zero-order chi connectivity index (χ0) is 18.8. The summed E-state index contributed by atoms with van der Waals surface area (Å²) in [6.45, 7) is 1.91. The Labute approximate surface area is 157 Å². The molecule has 2 aromatic carbocycles. The molecule has 1 aliphatic heterocycles. The van der Waals surface area contributed by atoms with Crippen molar-refractivity contribution in [2.75, 3.05) is 24.2 Å². The van der Waals surface area contributed by atoms with Crippen LogP contribution >= 0.6 is 0 Å². The van der Waals surface area contributed by atoms with Crippen molar-refractivity contribution in [3.8, 4) is 0 Å². The lowest BCUT2D eigenvalue weighted by Gasteiger charge is -2.14. The van der Waals surface area contributed by atoms with Gasteiger partial charge in [-0.2, -0.15) is 0 Å². The molecule has 0 spiro atoms. The molecular weight excluding hydrogens is 340 g/mol. The molecule has 0 saturated carbocycles. The van der Waals surface area contributed by atoms with Crippen molar-refractivity contribution in [3.63, 3.8) is 0 Å². The molecule has 0 bridgehead atoms. The first-order valence-electron chi connectivity index (χ1n) is 9.09. The van der Waals surface area contributed by atoms with Gasteiger partial charge >= 0.3 is 11.8 Å². The normalized spacial score (nSPS) is 14.4. The molecule has 2 heterocycles. The van der Waals surface area contributed by atoms with Crippen molar-refractivity contribution in [3.05, 3.63) is 59.8 Å². The molecule has 3 aromatic rings. The lowest BCUT2D eigenvalue weighted by atomic mass is 10.0. The van der Waals surface area contributed by atoms with Crippen molar-refractivity contribution in [1.82, 2.24) is 9.88 Å². The molecule has 0 aliphatic carbocycles. The van der Waals surface area contributed by atoms with Gasteiger partial charge < -0.3 is 20.5 Å². The third kappa shape index (κ3) is 3.71. The Morgan fingerprint density at radius 3 is 2.78 bits per heavy atom. The first-order valence-corrected chi connectivity index (χ1v) is 9.09. The fourth-order valence-corrected chi connectivity index (χ4v) is 3.56. The topological polar surface area (TPSA) is 77.2 Å². The van der Waals surface area contributed by atoms with Crippen LogP contribution in [0, 0.1) is 0 Å². The number of rotatable bonds is 2. The molecule has 1 aromatic heterocycles. The summed E-state index contributed by atoms with van der Waals surface area (Å²) >= 11 is 0. The molecule has 0 atom stereocenters. The average molecular weight is 362 g/mol. The number of aryl methyl sites for hydroxylation is 1. The van der Waals surface area contributed by atoms with Gasteiger partial charge in [0, 0.05) is 23.8 Å². The quantitative estimate of drug-likeness (QED) is 0.613. The summed E-state index contributed by atoms with van der Waals surface area (Å²) in [7, 11) is 2.09. The number of anilines is 2. The number of amides is 2. The van der Waals surface area contributed by atoms with E-state index in [0.29, 0.717) is 11.4 Å². The van der Waals surface area contributed by atoms with Gasteiger partial charge in [0.15, 0.2) is 0 Å². The number of hydrogen-bond donors (Lipinski definition) is 3. The zero-order valence-corrected chi connectivity index (χ0v) is 15.2. The van der Waals surface area contributed by atoms with E-state index in [9.17, 15) is 9.59 Å². The van der Waals surface area contributed by atoms with E-state index in [1.54, 1.807) is 12.3 Å². The Morgan fingerprint density at radius 2 is 1.89 bits per heavy atom. The highest BCUT2D eigenvalue weighted by Gasteiger charge is 2.17. The fraction of sp³-hybridized carbons (Fsp3) is 0.238. The van der Waals surface area contributed by atoms with Crippen LogP contribution in [0.1, 0.15) is 17.5 Å². The van der Waals surface area contributed by atoms with E-state index in [2.05, 4.69) is 27.6 Å². The number of aromatic nitrogens is 1. The van der Waals surface area contributed by atoms with Gasteiger partial charge in [-0.1, -0.05) is 18.2 Å². The number of aromatic amines is 1. The van der Waals surface area contributed by atoms with Gasteiger partial charge in [-0.3, -0.25) is 9.59 Å². The summed E-state index contributed by atoms with van der Waals surface area (Å²) in [5, 5.41) is 6.36. The van der Waals surface area contributed by atoms with Gasteiger partial charge in [-0.05, 0) is 61.8 Å². The van der Waals surface area contributed by atoms with Crippen LogP contribution in [0.4, 0.5) is 11.4 Å². The number of carbonyl (C=O) groups is 2. The van der Waals surface area contributed by atoms with Crippen LogP contribution in [0.15, 0.2) is 48.7 Å². The maximum atomic E-state index is 12.3. The highest BCUT2D eigenvalue weighted by atomic mass is 16.2. The molecule has 0 unspecified atom stereocenters. The van der Waals surface area contributed by atoms with Gasteiger partial charge in [-0.15, -0.1) is 0 Å². The molecule has 138 valence electrons. The maximum Gasteiger partial charge on any atom is 0.314 e. The monoisotopic (exact) mass is 362 g/mol. The number of fused-ring (bicyclic) bond motifs is 2. The van der Waals surface area contributed by atoms with Crippen molar-refractivity contribution in [1.29, 1.82) is 0 Å². The SMILES string of the molecule is CN1CCCc2ccc(NC(=O)C(=O)Nc3cccc4cc[nH]c34)cc2C1. The van der Waals surface area contributed by atoms with Crippen LogP contribution in [0.25, 0.3) is 10.9 Å². The van der Waals surface area contributed by atoms with E-state index in [-0.39, 0.29) is 0 Å². The third-order valence-corrected chi connectivity index (χ3v) is 4.93. The Kier molecular flexibility index (Phi) is 4.64. The Balaban J connectivity index is 1.47. The lowest BCUT2D eigenvalue weighted by molar-refractivity contribution is -0.132. The molecule has 0 saturated heterocycles. The van der Waals surface area contributed by atoms with Crippen molar-refractivity contribution in [2.24, 2.45) is 0 Å². The van der Waals surface area contributed by atoms with E-state index < -0.39 is 11.8 Å². The van der Waals surface area contributed by atoms with Gasteiger partial charge in [0.25, 0.3) is 0 Å². The summed E-state index contributed by atoms with van der Waals surface area (Å²) in [4.78, 5) is 30.0. The van der Waals surface area contributed by atoms with E-state index in [0.717, 1.165) is 36.8 Å². The van der Waals surface area contributed by atoms with E-state index in [1.807, 2.05) is 36.4 Å². The first kappa shape index (κ1) is 17.3. The zero-order valence-electron chi connectivity index (χ0n) is 15.2. The third-order valence-electron chi connectivity index (χ3n) is 4.93. The van der Waals surface area contributed by atoms with Crippen LogP contribution in [-0.2, 0) is 22.6 Å². The van der Waals surface area contributed by atoms with Crippen LogP contribution < -0.4 is 10.6 Å². The molecule has 2 amide bonds. The molecule has 4 rings (SSSR count). The van der Waals surface area contributed by atoms with Crippen LogP contribution in [0.5, 0.6) is 0 Å². The number of hydrogen-bond acceptors (Lipinski definition) is 3. The average Bonchev–Trinajstić information content (AvgIpc) is 3.05. The van der Waals surface area contributed by atoms with E-state index >= 15 is 0 Å². The van der Waals surface area contributed by atoms with Crippen molar-refractivity contribution >= 4 is 34.1 Å². The fourth-order valence-electron chi connectivity index (χ4n) is 3.56. The smallest absolute Gasteiger partial charge is 0.314 e. The first-order chi connectivity index (χ1) is 13.1. The second-order valence-corrected chi connectivity index (χ2v) is 6.98. The maximum absolute atomic E-state index is 12.3. The highest BCUT2D eigenvalue weighted by molar-refractivity contribution is 6.44. The second kappa shape index (κ2) is 7.25. The minimum atomic E-state index is -0.691. The summed E-state index contributed by atoms with van der Waals surface area (Å²) in [6, 6.07) is 13.3. The highest BCUT2D eigenvalue weighted by Crippen LogP contribution is 2.23. The van der Waals surface area contributed by atoms with Gasteiger partial charge in [-0.25, -0.2) is 0 Å². The number of carbonyl (C=O) groups excluding carboxylic acids is 2. The Bertz CT molecular complexity index is 1010. The van der Waals surface area contributed by atoms with Gasteiger partial charge in [0.1, 0.15) is 0 Å². The van der Waals surface area contributed by atoms with E-state index in [4.69, 9.17) is 0 Å². The summed E-state index contributed by atoms with van der Waals surface area (Å²) in [6.07, 6.45) is 3.96. The van der Waals surface area contributed by atoms with Gasteiger partial charge in [0.2, 0.25) is 0 Å². The molecule has 1 aliphatic rings. The number of nitrogens with one attached hydrogen (secondary N) is 3. The molecule has 0 fully saturated rings. The number of benzene rings is 2. The number of para-hydroxylation sites is 1. The molecular formula is C21H22N4O2. The van der Waals surface area contributed by atoms with Crippen molar-refractivity contribution < 1.29 is 9.59 Å². The summed E-state index contributed by atoms with van der Waals surface area (Å²) in [5.74, 6) is -1.37. The van der Waals surface area contributed by atoms with E-state index in [1.165, 1.54) is 11.1 Å². The van der Waals surface area contributed by atoms with Crippen LogP contribution in [0.3, 0.4) is 0 Å². The van der Waals surface area contributed by atoms with Crippen LogP contribution in [-0.4, -0.2) is 35.3 Å². The minimum absolute atomic E-state index is 0.584. The lowest BCUT2D eigenvalue weighted by Crippen LogP contribution is -2.29. The Morgan fingerprint density at radius 1 is 1.04 bits per heavy atom. The largest absolute Gasteiger partial charge is 0.359 e.